The number of hydrogen-bond donors (Lipinski definition) is 3. The highest BCUT2D eigenvalue weighted by Crippen LogP contribution is 2.32. The number of primary sulfonamides is 2. The zero-order chi connectivity index (χ0) is 16.5. The van der Waals surface area contributed by atoms with E-state index in [4.69, 9.17) is 21.9 Å². The Kier molecular flexibility index (Phi) is 4.45. The molecule has 0 bridgehead atoms. The van der Waals surface area contributed by atoms with Crippen LogP contribution in [0.5, 0.6) is 0 Å². The van der Waals surface area contributed by atoms with Gasteiger partial charge >= 0.3 is 0 Å². The van der Waals surface area contributed by atoms with E-state index in [0.717, 1.165) is 12.1 Å². The molecule has 0 radical (unpaired) electrons. The molecule has 22 heavy (non-hydrogen) atoms. The van der Waals surface area contributed by atoms with Crippen LogP contribution in [0.15, 0.2) is 52.3 Å². The highest BCUT2D eigenvalue weighted by Gasteiger charge is 2.22. The summed E-state index contributed by atoms with van der Waals surface area (Å²) in [4.78, 5) is -0.943. The Morgan fingerprint density at radius 2 is 1.41 bits per heavy atom. The fourth-order valence-corrected chi connectivity index (χ4v) is 3.64. The molecular formula is C12H12ClN3O4S2. The Hall–Kier alpha value is -1.65. The standard InChI is InChI=1S/C12H12ClN3O4S2/c13-9-6-10(16-8-4-2-1-3-5-8)12(22(15,19)20)7-11(9)21(14,17)18/h1-7,16H,(H2,14,17,18)(H2,15,19,20). The van der Waals surface area contributed by atoms with Crippen LogP contribution < -0.4 is 15.6 Å². The number of halogens is 1. The fourth-order valence-electron chi connectivity index (χ4n) is 1.76. The highest BCUT2D eigenvalue weighted by molar-refractivity contribution is 7.90. The first-order valence-electron chi connectivity index (χ1n) is 5.80. The molecule has 0 saturated heterocycles. The maximum atomic E-state index is 11.7. The van der Waals surface area contributed by atoms with Crippen LogP contribution in [0.3, 0.4) is 0 Å². The zero-order valence-corrected chi connectivity index (χ0v) is 13.4. The van der Waals surface area contributed by atoms with Crippen molar-refractivity contribution in [3.05, 3.63) is 47.5 Å². The Bertz CT molecular complexity index is 913. The van der Waals surface area contributed by atoms with Gasteiger partial charge in [0.25, 0.3) is 0 Å². The molecule has 0 amide bonds. The van der Waals surface area contributed by atoms with Crippen molar-refractivity contribution in [2.75, 3.05) is 5.32 Å². The van der Waals surface area contributed by atoms with E-state index < -0.39 is 29.8 Å². The summed E-state index contributed by atoms with van der Waals surface area (Å²) in [6.45, 7) is 0. The number of rotatable bonds is 4. The lowest BCUT2D eigenvalue weighted by atomic mass is 10.2. The van der Waals surface area contributed by atoms with Gasteiger partial charge in [0.2, 0.25) is 20.0 Å². The van der Waals surface area contributed by atoms with Crippen LogP contribution in [-0.2, 0) is 20.0 Å². The second kappa shape index (κ2) is 5.86. The van der Waals surface area contributed by atoms with Crippen LogP contribution in [0.4, 0.5) is 11.4 Å². The Morgan fingerprint density at radius 3 is 1.91 bits per heavy atom. The van der Waals surface area contributed by atoms with E-state index in [0.29, 0.717) is 5.69 Å². The van der Waals surface area contributed by atoms with Gasteiger partial charge in [-0.05, 0) is 24.3 Å². The van der Waals surface area contributed by atoms with E-state index in [1.807, 2.05) is 0 Å². The molecule has 0 aliphatic carbocycles. The van der Waals surface area contributed by atoms with Crippen molar-refractivity contribution in [1.82, 2.24) is 0 Å². The molecule has 0 saturated carbocycles. The van der Waals surface area contributed by atoms with Crippen LogP contribution in [0.1, 0.15) is 0 Å². The molecule has 2 rings (SSSR count). The van der Waals surface area contributed by atoms with Gasteiger partial charge in [-0.1, -0.05) is 29.8 Å². The number of para-hydroxylation sites is 1. The molecule has 2 aromatic rings. The average Bonchev–Trinajstić information content (AvgIpc) is 2.37. The maximum Gasteiger partial charge on any atom is 0.240 e. The van der Waals surface area contributed by atoms with E-state index in [1.54, 1.807) is 30.3 Å². The first-order valence-corrected chi connectivity index (χ1v) is 9.27. The summed E-state index contributed by atoms with van der Waals surface area (Å²) >= 11 is 5.87. The van der Waals surface area contributed by atoms with Gasteiger partial charge in [0.05, 0.1) is 10.7 Å². The van der Waals surface area contributed by atoms with Crippen molar-refractivity contribution in [3.63, 3.8) is 0 Å². The minimum Gasteiger partial charge on any atom is -0.354 e. The van der Waals surface area contributed by atoms with Gasteiger partial charge in [-0.15, -0.1) is 0 Å². The summed E-state index contributed by atoms with van der Waals surface area (Å²) in [5, 5.41) is 12.7. The summed E-state index contributed by atoms with van der Waals surface area (Å²) in [6, 6.07) is 10.6. The SMILES string of the molecule is NS(=O)(=O)c1cc(S(N)(=O)=O)c(Nc2ccccc2)cc1Cl. The highest BCUT2D eigenvalue weighted by atomic mass is 35.5. The molecular weight excluding hydrogens is 350 g/mol. The van der Waals surface area contributed by atoms with Crippen LogP contribution in [0.2, 0.25) is 5.02 Å². The normalized spacial score (nSPS) is 12.1. The number of benzene rings is 2. The van der Waals surface area contributed by atoms with E-state index in [2.05, 4.69) is 5.32 Å². The number of nitrogens with one attached hydrogen (secondary N) is 1. The van der Waals surface area contributed by atoms with Crippen LogP contribution >= 0.6 is 11.6 Å². The largest absolute Gasteiger partial charge is 0.354 e. The number of nitrogens with two attached hydrogens (primary N) is 2. The third-order valence-corrected chi connectivity index (χ3v) is 5.03. The molecule has 0 unspecified atom stereocenters. The monoisotopic (exact) mass is 361 g/mol. The van der Waals surface area contributed by atoms with E-state index in [9.17, 15) is 16.8 Å². The summed E-state index contributed by atoms with van der Waals surface area (Å²) in [5.74, 6) is 0. The van der Waals surface area contributed by atoms with Gasteiger partial charge in [-0.25, -0.2) is 27.1 Å². The second-order valence-electron chi connectivity index (χ2n) is 4.36. The van der Waals surface area contributed by atoms with E-state index >= 15 is 0 Å². The van der Waals surface area contributed by atoms with Crippen molar-refractivity contribution >= 4 is 43.0 Å². The topological polar surface area (TPSA) is 132 Å². The minimum atomic E-state index is -4.19. The van der Waals surface area contributed by atoms with Gasteiger partial charge in [-0.2, -0.15) is 0 Å². The van der Waals surface area contributed by atoms with E-state index in [-0.39, 0.29) is 10.7 Å². The molecule has 0 aliphatic heterocycles. The van der Waals surface area contributed by atoms with Crippen molar-refractivity contribution in [3.8, 4) is 0 Å². The summed E-state index contributed by atoms with van der Waals surface area (Å²) in [5.41, 5.74) is 0.623. The number of anilines is 2. The number of hydrogen-bond acceptors (Lipinski definition) is 5. The molecule has 2 aromatic carbocycles. The lowest BCUT2D eigenvalue weighted by Gasteiger charge is -2.13. The summed E-state index contributed by atoms with van der Waals surface area (Å²) in [7, 11) is -8.38. The second-order valence-corrected chi connectivity index (χ2v) is 7.83. The van der Waals surface area contributed by atoms with Crippen LogP contribution in [-0.4, -0.2) is 16.8 Å². The lowest BCUT2D eigenvalue weighted by molar-refractivity contribution is 0.596. The number of sulfonamides is 2. The molecule has 0 atom stereocenters. The van der Waals surface area contributed by atoms with Gasteiger partial charge in [0, 0.05) is 5.69 Å². The van der Waals surface area contributed by atoms with Crippen LogP contribution in [0.25, 0.3) is 0 Å². The first-order chi connectivity index (χ1) is 10.1. The third-order valence-electron chi connectivity index (χ3n) is 2.70. The Morgan fingerprint density at radius 1 is 0.864 bits per heavy atom. The van der Waals surface area contributed by atoms with E-state index in [1.165, 1.54) is 0 Å². The van der Waals surface area contributed by atoms with Gasteiger partial charge < -0.3 is 5.32 Å². The lowest BCUT2D eigenvalue weighted by Crippen LogP contribution is -2.18. The van der Waals surface area contributed by atoms with Gasteiger partial charge in [0.15, 0.2) is 0 Å². The molecule has 0 spiro atoms. The molecule has 0 fully saturated rings. The quantitative estimate of drug-likeness (QED) is 0.756. The minimum absolute atomic E-state index is 0.0473. The average molecular weight is 362 g/mol. The predicted octanol–water partition coefficient (Wildman–Crippen LogP) is 1.38. The smallest absolute Gasteiger partial charge is 0.240 e. The molecule has 5 N–H and O–H groups in total. The van der Waals surface area contributed by atoms with Crippen molar-refractivity contribution < 1.29 is 16.8 Å². The maximum absolute atomic E-state index is 11.7. The van der Waals surface area contributed by atoms with Crippen LogP contribution in [0, 0.1) is 0 Å². The van der Waals surface area contributed by atoms with Crippen molar-refractivity contribution in [2.24, 2.45) is 10.3 Å². The third kappa shape index (κ3) is 3.76. The molecule has 10 heteroatoms. The first kappa shape index (κ1) is 16.7. The fraction of sp³-hybridized carbons (Fsp3) is 0. The predicted molar refractivity (Wildman–Crippen MR) is 83.9 cm³/mol. The molecule has 7 nitrogen and oxygen atoms in total. The van der Waals surface area contributed by atoms with Gasteiger partial charge in [-0.3, -0.25) is 0 Å². The Labute approximate surface area is 133 Å². The molecule has 118 valence electrons. The molecule has 0 aliphatic rings. The molecule has 0 aromatic heterocycles. The van der Waals surface area contributed by atoms with Crippen molar-refractivity contribution in [2.45, 2.75) is 9.79 Å². The summed E-state index contributed by atoms with van der Waals surface area (Å²) in [6.07, 6.45) is 0. The Balaban J connectivity index is 2.66. The van der Waals surface area contributed by atoms with Crippen molar-refractivity contribution in [1.29, 1.82) is 0 Å². The van der Waals surface area contributed by atoms with Gasteiger partial charge in [0.1, 0.15) is 9.79 Å². The zero-order valence-electron chi connectivity index (χ0n) is 11.0. The molecule has 0 heterocycles. The summed E-state index contributed by atoms with van der Waals surface area (Å²) < 4.78 is 46.3.